The predicted molar refractivity (Wildman–Crippen MR) is 301 cm³/mol. The van der Waals surface area contributed by atoms with E-state index < -0.39 is 5.41 Å². The van der Waals surface area contributed by atoms with Gasteiger partial charge >= 0.3 is 0 Å². The molecule has 0 saturated heterocycles. The van der Waals surface area contributed by atoms with Gasteiger partial charge < -0.3 is 9.47 Å². The first-order chi connectivity index (χ1) is 35.5. The van der Waals surface area contributed by atoms with Crippen LogP contribution in [0.4, 0.5) is 17.1 Å². The molecule has 2 aliphatic rings. The van der Waals surface area contributed by atoms with Crippen LogP contribution in [0.2, 0.25) is 0 Å². The van der Waals surface area contributed by atoms with E-state index in [9.17, 15) is 0 Å². The molecule has 0 amide bonds. The number of fused-ring (bicyclic) bond motifs is 9. The molecule has 0 N–H and O–H groups in total. The topological polar surface area (TPSA) is 8.17 Å². The second kappa shape index (κ2) is 16.3. The van der Waals surface area contributed by atoms with E-state index in [0.29, 0.717) is 0 Å². The average molecular weight is 919 g/mol. The van der Waals surface area contributed by atoms with Crippen molar-refractivity contribution >= 4 is 38.9 Å². The maximum atomic E-state index is 2.51. The van der Waals surface area contributed by atoms with Gasteiger partial charge in [-0.25, -0.2) is 0 Å². The zero-order valence-electron chi connectivity index (χ0n) is 40.3. The van der Waals surface area contributed by atoms with Crippen LogP contribution in [0.15, 0.2) is 267 Å². The van der Waals surface area contributed by atoms with Gasteiger partial charge in [0.1, 0.15) is 0 Å². The minimum atomic E-state index is -0.499. The van der Waals surface area contributed by atoms with Crippen LogP contribution < -0.4 is 4.90 Å². The second-order valence-electron chi connectivity index (χ2n) is 20.0. The highest BCUT2D eigenvalue weighted by molar-refractivity contribution is 6.10. The van der Waals surface area contributed by atoms with Gasteiger partial charge in [0.2, 0.25) is 0 Å². The summed E-state index contributed by atoms with van der Waals surface area (Å²) in [4.78, 5) is 2.51. The molecule has 0 bridgehead atoms. The molecule has 0 aliphatic heterocycles. The summed E-state index contributed by atoms with van der Waals surface area (Å²) in [6.07, 6.45) is 0. The van der Waals surface area contributed by atoms with Crippen LogP contribution >= 0.6 is 0 Å². The lowest BCUT2D eigenvalue weighted by Gasteiger charge is -2.34. The lowest BCUT2D eigenvalue weighted by molar-refractivity contribution is 0.660. The molecule has 72 heavy (non-hydrogen) atoms. The van der Waals surface area contributed by atoms with Gasteiger partial charge in [-0.05, 0) is 127 Å². The number of hydrogen-bond donors (Lipinski definition) is 0. The fourth-order valence-corrected chi connectivity index (χ4v) is 12.7. The molecule has 0 atom stereocenters. The Morgan fingerprint density at radius 1 is 0.333 bits per heavy atom. The van der Waals surface area contributed by atoms with E-state index in [4.69, 9.17) is 0 Å². The highest BCUT2D eigenvalue weighted by Crippen LogP contribution is 2.58. The normalized spacial score (nSPS) is 13.6. The number of nitrogens with zero attached hydrogens (tertiary/aromatic N) is 2. The molecule has 12 aromatic rings. The van der Waals surface area contributed by atoms with Gasteiger partial charge in [0, 0.05) is 38.8 Å². The van der Waals surface area contributed by atoms with Crippen molar-refractivity contribution in [3.8, 4) is 50.2 Å². The van der Waals surface area contributed by atoms with E-state index in [0.717, 1.165) is 33.9 Å². The van der Waals surface area contributed by atoms with Crippen LogP contribution in [0, 0.1) is 0 Å². The van der Waals surface area contributed by atoms with Gasteiger partial charge in [0.25, 0.3) is 0 Å². The van der Waals surface area contributed by atoms with Crippen LogP contribution in [0.3, 0.4) is 0 Å². The molecular weight excluding hydrogens is 869 g/mol. The lowest BCUT2D eigenvalue weighted by atomic mass is 9.68. The zero-order chi connectivity index (χ0) is 48.0. The molecule has 1 heterocycles. The minimum Gasteiger partial charge on any atom is -0.310 e. The van der Waals surface area contributed by atoms with Crippen molar-refractivity contribution in [1.82, 2.24) is 4.57 Å². The van der Waals surface area contributed by atoms with Crippen molar-refractivity contribution in [1.29, 1.82) is 0 Å². The largest absolute Gasteiger partial charge is 0.310 e. The molecular formula is C70H50N2. The van der Waals surface area contributed by atoms with Gasteiger partial charge in [-0.15, -0.1) is 0 Å². The fourth-order valence-electron chi connectivity index (χ4n) is 12.7. The molecule has 14 rings (SSSR count). The minimum absolute atomic E-state index is 0.129. The highest BCUT2D eigenvalue weighted by Gasteiger charge is 2.46. The monoisotopic (exact) mass is 918 g/mol. The number of anilines is 3. The molecule has 11 aromatic carbocycles. The van der Waals surface area contributed by atoms with E-state index >= 15 is 0 Å². The molecule has 2 heteroatoms. The first kappa shape index (κ1) is 41.9. The van der Waals surface area contributed by atoms with E-state index in [1.54, 1.807) is 0 Å². The molecule has 0 saturated carbocycles. The first-order valence-corrected chi connectivity index (χ1v) is 25.2. The van der Waals surface area contributed by atoms with Crippen LogP contribution in [-0.2, 0) is 10.8 Å². The summed E-state index contributed by atoms with van der Waals surface area (Å²) >= 11 is 0. The molecule has 2 aliphatic carbocycles. The van der Waals surface area contributed by atoms with Gasteiger partial charge in [-0.1, -0.05) is 226 Å². The van der Waals surface area contributed by atoms with Crippen molar-refractivity contribution in [3.05, 3.63) is 300 Å². The Bertz CT molecular complexity index is 4030. The number of para-hydroxylation sites is 3. The molecule has 1 aromatic heterocycles. The zero-order valence-corrected chi connectivity index (χ0v) is 40.3. The van der Waals surface area contributed by atoms with E-state index in [-0.39, 0.29) is 5.41 Å². The van der Waals surface area contributed by atoms with Crippen molar-refractivity contribution in [2.45, 2.75) is 24.7 Å². The van der Waals surface area contributed by atoms with Crippen LogP contribution in [0.1, 0.15) is 47.2 Å². The summed E-state index contributed by atoms with van der Waals surface area (Å²) in [5.74, 6) is 0. The Kier molecular flexibility index (Phi) is 9.50. The molecule has 0 unspecified atom stereocenters. The van der Waals surface area contributed by atoms with Crippen molar-refractivity contribution < 1.29 is 0 Å². The number of hydrogen-bond acceptors (Lipinski definition) is 1. The molecule has 340 valence electrons. The van der Waals surface area contributed by atoms with Crippen molar-refractivity contribution in [2.24, 2.45) is 0 Å². The Hall–Kier alpha value is -8.98. The molecule has 0 fully saturated rings. The lowest BCUT2D eigenvalue weighted by Crippen LogP contribution is -2.28. The number of benzene rings is 11. The summed E-state index contributed by atoms with van der Waals surface area (Å²) in [5, 5.41) is 2.49. The SMILES string of the molecule is CC1(C)c2ccccc2-c2c(-c3ccccc3N(c3cccc(-c4ccc5c6ccccc6n(-c6ccccc6)c5c4)c3)c3ccc4c(c3)-c3ccccc3C4(c3ccccc3)c3ccccc3)cccc21. The number of aromatic nitrogens is 1. The Morgan fingerprint density at radius 2 is 0.889 bits per heavy atom. The number of rotatable bonds is 8. The van der Waals surface area contributed by atoms with Gasteiger partial charge in [0.15, 0.2) is 0 Å². The van der Waals surface area contributed by atoms with E-state index in [2.05, 4.69) is 290 Å². The summed E-state index contributed by atoms with van der Waals surface area (Å²) < 4.78 is 2.41. The molecule has 2 nitrogen and oxygen atoms in total. The first-order valence-electron chi connectivity index (χ1n) is 25.2. The van der Waals surface area contributed by atoms with Crippen LogP contribution in [0.5, 0.6) is 0 Å². The van der Waals surface area contributed by atoms with Crippen LogP contribution in [0.25, 0.3) is 72.0 Å². The smallest absolute Gasteiger partial charge is 0.0713 e. The summed E-state index contributed by atoms with van der Waals surface area (Å²) in [6, 6.07) is 99.1. The Labute approximate surface area is 421 Å². The third kappa shape index (κ3) is 6.15. The van der Waals surface area contributed by atoms with E-state index in [1.165, 1.54) is 88.6 Å². The van der Waals surface area contributed by atoms with Gasteiger partial charge in [-0.3, -0.25) is 0 Å². The molecule has 0 radical (unpaired) electrons. The third-order valence-corrected chi connectivity index (χ3v) is 15.9. The van der Waals surface area contributed by atoms with Gasteiger partial charge in [-0.2, -0.15) is 0 Å². The Balaban J connectivity index is 1.01. The Morgan fingerprint density at radius 3 is 1.67 bits per heavy atom. The quantitative estimate of drug-likeness (QED) is 0.147. The highest BCUT2D eigenvalue weighted by atomic mass is 15.1. The standard InChI is InChI=1S/C70H50N2/c1-69(2)61-35-16-13-33-59(61)68-58(34-21-37-64(68)69)56-32-15-18-38-65(56)71(52-29-20-22-47(44-52)48-40-42-57-55-31-14-19-39-66(55)72(67(57)45-48)51-27-10-5-11-28-51)53-41-43-63-60(46-53)54-30-12-17-36-62(54)70(63,49-23-6-3-7-24-49)50-25-8-4-9-26-50/h3-46H,1-2H3. The molecule has 0 spiro atoms. The fraction of sp³-hybridized carbons (Fsp3) is 0.0571. The maximum Gasteiger partial charge on any atom is 0.0713 e. The predicted octanol–water partition coefficient (Wildman–Crippen LogP) is 18.3. The maximum absolute atomic E-state index is 2.51. The average Bonchev–Trinajstić information content (AvgIpc) is 4.02. The van der Waals surface area contributed by atoms with Crippen LogP contribution in [-0.4, -0.2) is 4.57 Å². The van der Waals surface area contributed by atoms with Crippen molar-refractivity contribution in [3.63, 3.8) is 0 Å². The van der Waals surface area contributed by atoms with E-state index in [1.807, 2.05) is 0 Å². The summed E-state index contributed by atoms with van der Waals surface area (Å²) in [7, 11) is 0. The summed E-state index contributed by atoms with van der Waals surface area (Å²) in [5.41, 5.74) is 23.9. The summed E-state index contributed by atoms with van der Waals surface area (Å²) in [6.45, 7) is 4.74. The van der Waals surface area contributed by atoms with Crippen molar-refractivity contribution in [2.75, 3.05) is 4.90 Å². The second-order valence-corrected chi connectivity index (χ2v) is 20.0. The van der Waals surface area contributed by atoms with Gasteiger partial charge in [0.05, 0.1) is 22.1 Å². The third-order valence-electron chi connectivity index (χ3n) is 15.9.